The van der Waals surface area contributed by atoms with E-state index in [4.69, 9.17) is 5.11 Å². The molecule has 0 bridgehead atoms. The number of hydrogen-bond acceptors (Lipinski definition) is 3. The van der Waals surface area contributed by atoms with Gasteiger partial charge >= 0.3 is 12.0 Å². The SMILES string of the molecule is CC(C)N1CCC(CNC(=O)NCCC(=O)O)C1. The minimum Gasteiger partial charge on any atom is -0.481 e. The van der Waals surface area contributed by atoms with Crippen LogP contribution in [0.15, 0.2) is 0 Å². The fourth-order valence-corrected chi connectivity index (χ4v) is 2.08. The third-order valence-electron chi connectivity index (χ3n) is 3.22. The van der Waals surface area contributed by atoms with E-state index < -0.39 is 5.97 Å². The molecule has 1 aliphatic rings. The van der Waals surface area contributed by atoms with Gasteiger partial charge in [-0.15, -0.1) is 0 Å². The first-order valence-electron chi connectivity index (χ1n) is 6.46. The number of amides is 2. The van der Waals surface area contributed by atoms with Crippen LogP contribution in [-0.2, 0) is 4.79 Å². The Bertz CT molecular complexity index is 294. The summed E-state index contributed by atoms with van der Waals surface area (Å²) in [5, 5.41) is 13.7. The first-order chi connectivity index (χ1) is 8.49. The minimum atomic E-state index is -0.904. The van der Waals surface area contributed by atoms with Crippen LogP contribution < -0.4 is 10.6 Å². The molecule has 0 radical (unpaired) electrons. The topological polar surface area (TPSA) is 81.7 Å². The standard InChI is InChI=1S/C12H23N3O3/c1-9(2)15-6-4-10(8-15)7-14-12(18)13-5-3-11(16)17/h9-10H,3-8H2,1-2H3,(H,16,17)(H2,13,14,18). The van der Waals surface area contributed by atoms with Crippen molar-refractivity contribution in [3.05, 3.63) is 0 Å². The van der Waals surface area contributed by atoms with Crippen LogP contribution in [0.2, 0.25) is 0 Å². The summed E-state index contributed by atoms with van der Waals surface area (Å²) in [6.07, 6.45) is 1.06. The summed E-state index contributed by atoms with van der Waals surface area (Å²) in [5.74, 6) is -0.406. The molecule has 104 valence electrons. The molecule has 1 fully saturated rings. The molecule has 0 saturated carbocycles. The van der Waals surface area contributed by atoms with E-state index in [1.165, 1.54) is 0 Å². The number of urea groups is 1. The molecule has 0 aromatic rings. The average Bonchev–Trinajstić information content (AvgIpc) is 2.74. The second kappa shape index (κ2) is 7.20. The number of carboxylic acid groups (broad SMARTS) is 1. The first-order valence-corrected chi connectivity index (χ1v) is 6.46. The monoisotopic (exact) mass is 257 g/mol. The van der Waals surface area contributed by atoms with Crippen LogP contribution in [0.1, 0.15) is 26.7 Å². The zero-order valence-electron chi connectivity index (χ0n) is 11.1. The lowest BCUT2D eigenvalue weighted by molar-refractivity contribution is -0.136. The maximum atomic E-state index is 11.4. The lowest BCUT2D eigenvalue weighted by Gasteiger charge is -2.20. The van der Waals surface area contributed by atoms with Crippen molar-refractivity contribution in [1.29, 1.82) is 0 Å². The number of aliphatic carboxylic acids is 1. The number of carboxylic acids is 1. The Morgan fingerprint density at radius 1 is 1.39 bits per heavy atom. The Labute approximate surface area is 108 Å². The Hall–Kier alpha value is -1.30. The molecule has 1 unspecified atom stereocenters. The molecule has 1 atom stereocenters. The van der Waals surface area contributed by atoms with Gasteiger partial charge < -0.3 is 20.6 Å². The predicted octanol–water partition coefficient (Wildman–Crippen LogP) is 0.491. The van der Waals surface area contributed by atoms with E-state index in [1.807, 2.05) is 0 Å². The normalized spacial score (nSPS) is 20.1. The summed E-state index contributed by atoms with van der Waals surface area (Å²) >= 11 is 0. The molecule has 1 heterocycles. The van der Waals surface area contributed by atoms with Gasteiger partial charge in [-0.25, -0.2) is 4.79 Å². The summed E-state index contributed by atoms with van der Waals surface area (Å²) in [6, 6.07) is 0.277. The molecular weight excluding hydrogens is 234 g/mol. The lowest BCUT2D eigenvalue weighted by atomic mass is 10.1. The molecule has 1 saturated heterocycles. The summed E-state index contributed by atoms with van der Waals surface area (Å²) in [6.45, 7) is 7.28. The van der Waals surface area contributed by atoms with Gasteiger partial charge in [0.25, 0.3) is 0 Å². The second-order valence-electron chi connectivity index (χ2n) is 5.02. The number of carbonyl (C=O) groups excluding carboxylic acids is 1. The zero-order chi connectivity index (χ0) is 13.5. The van der Waals surface area contributed by atoms with Crippen LogP contribution in [0.3, 0.4) is 0 Å². The summed E-state index contributed by atoms with van der Waals surface area (Å²) in [7, 11) is 0. The quantitative estimate of drug-likeness (QED) is 0.647. The van der Waals surface area contributed by atoms with Crippen molar-refractivity contribution in [1.82, 2.24) is 15.5 Å². The van der Waals surface area contributed by atoms with Crippen molar-refractivity contribution in [3.63, 3.8) is 0 Å². The van der Waals surface area contributed by atoms with Crippen LogP contribution >= 0.6 is 0 Å². The molecule has 2 amide bonds. The number of likely N-dealkylation sites (tertiary alicyclic amines) is 1. The van der Waals surface area contributed by atoms with Gasteiger partial charge in [-0.1, -0.05) is 0 Å². The molecule has 0 aliphatic carbocycles. The molecule has 0 aromatic carbocycles. The molecule has 18 heavy (non-hydrogen) atoms. The number of hydrogen-bond donors (Lipinski definition) is 3. The maximum Gasteiger partial charge on any atom is 0.314 e. The van der Waals surface area contributed by atoms with E-state index >= 15 is 0 Å². The summed E-state index contributed by atoms with van der Waals surface area (Å²) < 4.78 is 0. The van der Waals surface area contributed by atoms with Crippen molar-refractivity contribution in [2.75, 3.05) is 26.2 Å². The summed E-state index contributed by atoms with van der Waals surface area (Å²) in [5.41, 5.74) is 0. The predicted molar refractivity (Wildman–Crippen MR) is 68.5 cm³/mol. The zero-order valence-corrected chi connectivity index (χ0v) is 11.1. The van der Waals surface area contributed by atoms with Crippen LogP contribution in [0.4, 0.5) is 4.79 Å². The van der Waals surface area contributed by atoms with Gasteiger partial charge in [-0.05, 0) is 32.7 Å². The smallest absolute Gasteiger partial charge is 0.314 e. The molecule has 1 rings (SSSR count). The minimum absolute atomic E-state index is 0.0437. The second-order valence-corrected chi connectivity index (χ2v) is 5.02. The molecule has 0 spiro atoms. The van der Waals surface area contributed by atoms with Crippen molar-refractivity contribution in [2.45, 2.75) is 32.7 Å². The van der Waals surface area contributed by atoms with Crippen LogP contribution in [0, 0.1) is 5.92 Å². The van der Waals surface area contributed by atoms with Gasteiger partial charge in [-0.2, -0.15) is 0 Å². The van der Waals surface area contributed by atoms with Crippen molar-refractivity contribution >= 4 is 12.0 Å². The van der Waals surface area contributed by atoms with Gasteiger partial charge in [0.1, 0.15) is 0 Å². The van der Waals surface area contributed by atoms with Crippen molar-refractivity contribution < 1.29 is 14.7 Å². The molecule has 3 N–H and O–H groups in total. The van der Waals surface area contributed by atoms with E-state index in [0.29, 0.717) is 18.5 Å². The van der Waals surface area contributed by atoms with Gasteiger partial charge in [-0.3, -0.25) is 4.79 Å². The van der Waals surface area contributed by atoms with E-state index in [0.717, 1.165) is 19.5 Å². The molecule has 6 nitrogen and oxygen atoms in total. The Morgan fingerprint density at radius 3 is 2.67 bits per heavy atom. The third-order valence-corrected chi connectivity index (χ3v) is 3.22. The number of carbonyl (C=O) groups is 2. The van der Waals surface area contributed by atoms with Gasteiger partial charge in [0.2, 0.25) is 0 Å². The molecular formula is C12H23N3O3. The maximum absolute atomic E-state index is 11.4. The van der Waals surface area contributed by atoms with Gasteiger partial charge in [0.05, 0.1) is 6.42 Å². The van der Waals surface area contributed by atoms with E-state index in [1.54, 1.807) is 0 Å². The van der Waals surface area contributed by atoms with Crippen molar-refractivity contribution in [2.24, 2.45) is 5.92 Å². The number of nitrogens with one attached hydrogen (secondary N) is 2. The fraction of sp³-hybridized carbons (Fsp3) is 0.833. The van der Waals surface area contributed by atoms with E-state index in [-0.39, 0.29) is 19.0 Å². The first kappa shape index (κ1) is 14.8. The highest BCUT2D eigenvalue weighted by molar-refractivity contribution is 5.74. The lowest BCUT2D eigenvalue weighted by Crippen LogP contribution is -2.39. The number of rotatable bonds is 6. The highest BCUT2D eigenvalue weighted by atomic mass is 16.4. The molecule has 1 aliphatic heterocycles. The molecule has 6 heteroatoms. The van der Waals surface area contributed by atoms with Crippen LogP contribution in [0.5, 0.6) is 0 Å². The van der Waals surface area contributed by atoms with Gasteiger partial charge in [0.15, 0.2) is 0 Å². The highest BCUT2D eigenvalue weighted by Crippen LogP contribution is 2.17. The van der Waals surface area contributed by atoms with Crippen LogP contribution in [0.25, 0.3) is 0 Å². The van der Waals surface area contributed by atoms with Gasteiger partial charge in [0, 0.05) is 25.7 Å². The number of nitrogens with zero attached hydrogens (tertiary/aromatic N) is 1. The Balaban J connectivity index is 2.10. The summed E-state index contributed by atoms with van der Waals surface area (Å²) in [4.78, 5) is 24.0. The Kier molecular flexibility index (Phi) is 5.91. The van der Waals surface area contributed by atoms with Crippen LogP contribution in [-0.4, -0.2) is 54.2 Å². The Morgan fingerprint density at radius 2 is 2.11 bits per heavy atom. The third kappa shape index (κ3) is 5.35. The largest absolute Gasteiger partial charge is 0.481 e. The fourth-order valence-electron chi connectivity index (χ4n) is 2.08. The van der Waals surface area contributed by atoms with E-state index in [9.17, 15) is 9.59 Å². The molecule has 0 aromatic heterocycles. The average molecular weight is 257 g/mol. The highest BCUT2D eigenvalue weighted by Gasteiger charge is 2.24. The van der Waals surface area contributed by atoms with Crippen molar-refractivity contribution in [3.8, 4) is 0 Å². The van der Waals surface area contributed by atoms with E-state index in [2.05, 4.69) is 29.4 Å².